The molecule has 1 unspecified atom stereocenters. The maximum atomic E-state index is 15.2. The van der Waals surface area contributed by atoms with E-state index in [2.05, 4.69) is 20.2 Å². The standard InChI is InChI=1S/C32H28FN7O5/c33-25-15-24-23(31(44)40(32(24)45)26-8-9-27(41)35-30(26)43)14-19(25)16-37-10-12-38(13-11-37)20-4-6-21(7-5-20)39-17-18-2-1-3-22(29(34)42)28(18)36-39/h1-7,14-15,17,26H,8-13,16H2,(H2,34,42)(H,35,41,43). The highest BCUT2D eigenvalue weighted by molar-refractivity contribution is 6.23. The number of piperidine rings is 1. The van der Waals surface area contributed by atoms with Crippen LogP contribution in [0.1, 0.15) is 49.5 Å². The van der Waals surface area contributed by atoms with Crippen LogP contribution in [0.5, 0.6) is 0 Å². The van der Waals surface area contributed by atoms with Crippen LogP contribution in [-0.4, -0.2) is 81.3 Å². The zero-order chi connectivity index (χ0) is 31.4. The Balaban J connectivity index is 1.00. The summed E-state index contributed by atoms with van der Waals surface area (Å²) in [6.45, 7) is 2.94. The summed E-state index contributed by atoms with van der Waals surface area (Å²) in [5, 5.41) is 7.53. The number of piperazine rings is 1. The molecule has 1 atom stereocenters. The highest BCUT2D eigenvalue weighted by atomic mass is 19.1. The number of carbonyl (C=O) groups is 5. The molecule has 4 heterocycles. The largest absolute Gasteiger partial charge is 0.369 e. The second-order valence-corrected chi connectivity index (χ2v) is 11.4. The molecule has 0 radical (unpaired) electrons. The summed E-state index contributed by atoms with van der Waals surface area (Å²) in [7, 11) is 0. The van der Waals surface area contributed by atoms with Gasteiger partial charge in [0.25, 0.3) is 17.7 Å². The van der Waals surface area contributed by atoms with Crippen LogP contribution in [0.25, 0.3) is 16.6 Å². The summed E-state index contributed by atoms with van der Waals surface area (Å²) in [5.41, 5.74) is 8.56. The van der Waals surface area contributed by atoms with E-state index in [-0.39, 0.29) is 30.5 Å². The van der Waals surface area contributed by atoms with Gasteiger partial charge in [0, 0.05) is 62.0 Å². The van der Waals surface area contributed by atoms with Crippen molar-refractivity contribution < 1.29 is 28.4 Å². The van der Waals surface area contributed by atoms with Gasteiger partial charge in [0.05, 0.1) is 22.4 Å². The molecule has 0 spiro atoms. The lowest BCUT2D eigenvalue weighted by Gasteiger charge is -2.36. The molecule has 3 N–H and O–H groups in total. The third-order valence-corrected chi connectivity index (χ3v) is 8.65. The Bertz CT molecular complexity index is 1910. The molecule has 4 aromatic rings. The molecule has 7 rings (SSSR count). The van der Waals surface area contributed by atoms with Gasteiger partial charge in [0.2, 0.25) is 11.8 Å². The van der Waals surface area contributed by atoms with E-state index in [4.69, 9.17) is 5.73 Å². The number of nitrogens with zero attached hydrogens (tertiary/aromatic N) is 5. The van der Waals surface area contributed by atoms with Gasteiger partial charge in [-0.25, -0.2) is 9.07 Å². The second-order valence-electron chi connectivity index (χ2n) is 11.4. The van der Waals surface area contributed by atoms with E-state index in [0.29, 0.717) is 42.8 Å². The summed E-state index contributed by atoms with van der Waals surface area (Å²) in [6, 6.07) is 14.6. The topological polar surface area (TPSA) is 151 Å². The fourth-order valence-electron chi connectivity index (χ4n) is 6.25. The van der Waals surface area contributed by atoms with Crippen molar-refractivity contribution in [3.63, 3.8) is 0 Å². The van der Waals surface area contributed by atoms with Gasteiger partial charge in [0.15, 0.2) is 0 Å². The highest BCUT2D eigenvalue weighted by Gasteiger charge is 2.45. The Kier molecular flexibility index (Phi) is 6.89. The molecule has 1 aromatic heterocycles. The number of hydrogen-bond donors (Lipinski definition) is 2. The smallest absolute Gasteiger partial charge is 0.262 e. The van der Waals surface area contributed by atoms with Gasteiger partial charge < -0.3 is 10.6 Å². The predicted octanol–water partition coefficient (Wildman–Crippen LogP) is 1.99. The van der Waals surface area contributed by atoms with E-state index >= 15 is 4.39 Å². The molecule has 2 fully saturated rings. The number of fused-ring (bicyclic) bond motifs is 2. The number of carbonyl (C=O) groups excluding carboxylic acids is 5. The van der Waals surface area contributed by atoms with Crippen molar-refractivity contribution in [2.75, 3.05) is 31.1 Å². The summed E-state index contributed by atoms with van der Waals surface area (Å²) < 4.78 is 16.9. The third kappa shape index (κ3) is 5.00. The normalized spacial score (nSPS) is 18.9. The summed E-state index contributed by atoms with van der Waals surface area (Å²) in [6.07, 6.45) is 1.90. The number of hydrogen-bond acceptors (Lipinski definition) is 8. The fourth-order valence-corrected chi connectivity index (χ4v) is 6.25. The number of imide groups is 2. The van der Waals surface area contributed by atoms with Crippen molar-refractivity contribution in [3.8, 4) is 5.69 Å². The predicted molar refractivity (Wildman–Crippen MR) is 160 cm³/mol. The lowest BCUT2D eigenvalue weighted by molar-refractivity contribution is -0.136. The van der Waals surface area contributed by atoms with E-state index in [1.807, 2.05) is 36.5 Å². The number of amides is 5. The van der Waals surface area contributed by atoms with E-state index in [0.717, 1.165) is 27.7 Å². The van der Waals surface area contributed by atoms with Gasteiger partial charge in [-0.2, -0.15) is 5.10 Å². The van der Waals surface area contributed by atoms with Gasteiger partial charge in [-0.3, -0.25) is 39.1 Å². The van der Waals surface area contributed by atoms with Crippen molar-refractivity contribution >= 4 is 46.1 Å². The Morgan fingerprint density at radius 1 is 0.933 bits per heavy atom. The number of halogens is 1. The molecule has 5 amide bonds. The van der Waals surface area contributed by atoms with Crippen LogP contribution in [0.2, 0.25) is 0 Å². The number of benzene rings is 3. The van der Waals surface area contributed by atoms with Crippen molar-refractivity contribution in [2.45, 2.75) is 25.4 Å². The summed E-state index contributed by atoms with van der Waals surface area (Å²) >= 11 is 0. The van der Waals surface area contributed by atoms with Crippen molar-refractivity contribution in [1.29, 1.82) is 0 Å². The highest BCUT2D eigenvalue weighted by Crippen LogP contribution is 2.30. The Hall–Kier alpha value is -5.43. The van der Waals surface area contributed by atoms with Gasteiger partial charge in [-0.15, -0.1) is 0 Å². The molecule has 45 heavy (non-hydrogen) atoms. The van der Waals surface area contributed by atoms with Crippen LogP contribution < -0.4 is 16.0 Å². The summed E-state index contributed by atoms with van der Waals surface area (Å²) in [5.74, 6) is -3.67. The molecule has 0 aliphatic carbocycles. The zero-order valence-electron chi connectivity index (χ0n) is 24.0. The quantitative estimate of drug-likeness (QED) is 0.315. The molecule has 3 aromatic carbocycles. The van der Waals surface area contributed by atoms with E-state index < -0.39 is 41.4 Å². The first-order valence-corrected chi connectivity index (χ1v) is 14.6. The average molecular weight is 610 g/mol. The summed E-state index contributed by atoms with van der Waals surface area (Å²) in [4.78, 5) is 66.9. The first kappa shape index (κ1) is 28.3. The maximum Gasteiger partial charge on any atom is 0.262 e. The van der Waals surface area contributed by atoms with Gasteiger partial charge in [-0.05, 0) is 48.9 Å². The molecule has 13 heteroatoms. The lowest BCUT2D eigenvalue weighted by Crippen LogP contribution is -2.54. The Morgan fingerprint density at radius 3 is 2.31 bits per heavy atom. The number of nitrogens with one attached hydrogen (secondary N) is 1. The van der Waals surface area contributed by atoms with Crippen LogP contribution in [0.15, 0.2) is 60.8 Å². The zero-order valence-corrected chi connectivity index (χ0v) is 24.0. The van der Waals surface area contributed by atoms with Gasteiger partial charge in [0.1, 0.15) is 17.4 Å². The van der Waals surface area contributed by atoms with E-state index in [1.54, 1.807) is 16.8 Å². The van der Waals surface area contributed by atoms with Crippen molar-refractivity contribution in [2.24, 2.45) is 5.73 Å². The molecule has 12 nitrogen and oxygen atoms in total. The van der Waals surface area contributed by atoms with E-state index in [1.165, 1.54) is 6.07 Å². The van der Waals surface area contributed by atoms with Crippen LogP contribution >= 0.6 is 0 Å². The SMILES string of the molecule is NC(=O)c1cccc2cn(-c3ccc(N4CCN(Cc5cc6c(cc5F)C(=O)N(C5CCC(=O)NC5=O)C6=O)CC4)cc3)nc12. The first-order valence-electron chi connectivity index (χ1n) is 14.6. The molecule has 3 aliphatic heterocycles. The van der Waals surface area contributed by atoms with Crippen molar-refractivity contribution in [3.05, 3.63) is 88.9 Å². The minimum atomic E-state index is -1.10. The first-order chi connectivity index (χ1) is 21.7. The maximum absolute atomic E-state index is 15.2. The molecular formula is C32H28FN7O5. The molecule has 228 valence electrons. The Morgan fingerprint density at radius 2 is 1.62 bits per heavy atom. The second kappa shape index (κ2) is 10.9. The molecule has 3 aliphatic rings. The monoisotopic (exact) mass is 609 g/mol. The van der Waals surface area contributed by atoms with Crippen molar-refractivity contribution in [1.82, 2.24) is 24.9 Å². The van der Waals surface area contributed by atoms with Crippen LogP contribution in [0.4, 0.5) is 10.1 Å². The minimum absolute atomic E-state index is 0.0143. The van der Waals surface area contributed by atoms with Crippen LogP contribution in [0, 0.1) is 5.82 Å². The number of aromatic nitrogens is 2. The van der Waals surface area contributed by atoms with Crippen LogP contribution in [0.3, 0.4) is 0 Å². The lowest BCUT2D eigenvalue weighted by atomic mass is 10.0. The van der Waals surface area contributed by atoms with Gasteiger partial charge >= 0.3 is 0 Å². The molecule has 2 saturated heterocycles. The average Bonchev–Trinajstić information content (AvgIpc) is 3.57. The Labute approximate surface area is 256 Å². The number of primary amides is 1. The van der Waals surface area contributed by atoms with E-state index in [9.17, 15) is 24.0 Å². The minimum Gasteiger partial charge on any atom is -0.369 e. The number of nitrogens with two attached hydrogens (primary N) is 1. The van der Waals surface area contributed by atoms with Gasteiger partial charge in [-0.1, -0.05) is 12.1 Å². The number of rotatable bonds is 6. The number of anilines is 1. The molecular weight excluding hydrogens is 581 g/mol. The molecule has 0 bridgehead atoms. The fraction of sp³-hybridized carbons (Fsp3) is 0.250. The van der Waals surface area contributed by atoms with Crippen LogP contribution in [-0.2, 0) is 16.1 Å². The molecule has 0 saturated carbocycles. The third-order valence-electron chi connectivity index (χ3n) is 8.65.